The molecule has 0 saturated carbocycles. The molecule has 2 aromatic rings. The zero-order valence-electron chi connectivity index (χ0n) is 14.6. The van der Waals surface area contributed by atoms with Crippen molar-refractivity contribution in [1.29, 1.82) is 0 Å². The van der Waals surface area contributed by atoms with Crippen molar-refractivity contribution >= 4 is 23.3 Å². The van der Waals surface area contributed by atoms with Gasteiger partial charge in [0.05, 0.1) is 0 Å². The molecule has 1 aromatic heterocycles. The van der Waals surface area contributed by atoms with Crippen LogP contribution in [0.1, 0.15) is 61.3 Å². The Hall–Kier alpha value is -2.21. The molecule has 0 aliphatic rings. The van der Waals surface area contributed by atoms with Gasteiger partial charge < -0.3 is 9.73 Å². The van der Waals surface area contributed by atoms with Crippen molar-refractivity contribution in [3.8, 4) is 0 Å². The van der Waals surface area contributed by atoms with Gasteiger partial charge in [-0.1, -0.05) is 25.4 Å². The van der Waals surface area contributed by atoms with Gasteiger partial charge in [-0.25, -0.2) is 0 Å². The number of hydrogen-bond donors (Lipinski definition) is 1. The number of halogens is 1. The third-order valence-corrected chi connectivity index (χ3v) is 3.88. The molecule has 0 radical (unpaired) electrons. The lowest BCUT2D eigenvalue weighted by Gasteiger charge is -2.17. The summed E-state index contributed by atoms with van der Waals surface area (Å²) in [6, 6.07) is 6.28. The summed E-state index contributed by atoms with van der Waals surface area (Å²) < 4.78 is 5.44. The maximum atomic E-state index is 12.2. The quantitative estimate of drug-likeness (QED) is 0.719. The molecule has 134 valence electrons. The third-order valence-electron chi connectivity index (χ3n) is 3.63. The Balaban J connectivity index is 1.92. The highest BCUT2D eigenvalue weighted by atomic mass is 35.5. The van der Waals surface area contributed by atoms with Crippen molar-refractivity contribution in [3.63, 3.8) is 0 Å². The van der Waals surface area contributed by atoms with Crippen molar-refractivity contribution in [2.45, 2.75) is 46.1 Å². The van der Waals surface area contributed by atoms with E-state index < -0.39 is 0 Å². The summed E-state index contributed by atoms with van der Waals surface area (Å²) in [6.45, 7) is 5.80. The number of aryl methyl sites for hydroxylation is 1. The summed E-state index contributed by atoms with van der Waals surface area (Å²) in [7, 11) is 0. The molecule has 2 rings (SSSR count). The van der Waals surface area contributed by atoms with Gasteiger partial charge in [0.2, 0.25) is 17.7 Å². The minimum absolute atomic E-state index is 0.0964. The highest BCUT2D eigenvalue weighted by Crippen LogP contribution is 2.20. The zero-order valence-corrected chi connectivity index (χ0v) is 15.3. The fourth-order valence-corrected chi connectivity index (χ4v) is 2.55. The first-order valence-electron chi connectivity index (χ1n) is 8.23. The van der Waals surface area contributed by atoms with Crippen LogP contribution in [-0.2, 0) is 4.79 Å². The van der Waals surface area contributed by atoms with E-state index in [0.717, 1.165) is 0 Å². The molecule has 1 amide bonds. The van der Waals surface area contributed by atoms with E-state index in [1.807, 2.05) is 13.8 Å². The molecule has 1 atom stereocenters. The second kappa shape index (κ2) is 8.76. The Morgan fingerprint density at radius 3 is 2.40 bits per heavy atom. The molecular formula is C18H22ClN3O3. The van der Waals surface area contributed by atoms with Crippen LogP contribution >= 0.6 is 11.6 Å². The van der Waals surface area contributed by atoms with E-state index in [1.165, 1.54) is 0 Å². The lowest BCUT2D eigenvalue weighted by molar-refractivity contribution is -0.122. The molecule has 0 fully saturated rings. The van der Waals surface area contributed by atoms with Crippen LogP contribution in [0.5, 0.6) is 0 Å². The largest absolute Gasteiger partial charge is 0.423 e. The van der Waals surface area contributed by atoms with Crippen LogP contribution in [0.15, 0.2) is 28.7 Å². The Bertz CT molecular complexity index is 725. The predicted octanol–water partition coefficient (Wildman–Crippen LogP) is 3.90. The summed E-state index contributed by atoms with van der Waals surface area (Å²) >= 11 is 5.81. The van der Waals surface area contributed by atoms with Gasteiger partial charge in [-0.3, -0.25) is 9.59 Å². The van der Waals surface area contributed by atoms with E-state index in [-0.39, 0.29) is 30.6 Å². The summed E-state index contributed by atoms with van der Waals surface area (Å²) in [5.41, 5.74) is 0.545. The maximum Gasteiger partial charge on any atom is 0.238 e. The molecule has 1 N–H and O–H groups in total. The van der Waals surface area contributed by atoms with Crippen LogP contribution in [0.25, 0.3) is 0 Å². The smallest absolute Gasteiger partial charge is 0.238 e. The molecule has 0 aliphatic heterocycles. The Labute approximate surface area is 152 Å². The van der Waals surface area contributed by atoms with Crippen molar-refractivity contribution in [3.05, 3.63) is 46.6 Å². The lowest BCUT2D eigenvalue weighted by atomic mass is 10.0. The van der Waals surface area contributed by atoms with E-state index in [2.05, 4.69) is 15.5 Å². The first kappa shape index (κ1) is 19.1. The van der Waals surface area contributed by atoms with Gasteiger partial charge in [0.15, 0.2) is 5.78 Å². The van der Waals surface area contributed by atoms with E-state index >= 15 is 0 Å². The number of nitrogens with one attached hydrogen (secondary N) is 1. The molecule has 0 saturated heterocycles. The van der Waals surface area contributed by atoms with E-state index in [4.69, 9.17) is 16.0 Å². The molecule has 6 nitrogen and oxygen atoms in total. The lowest BCUT2D eigenvalue weighted by Crippen LogP contribution is -2.30. The standard InChI is InChI=1S/C18H22ClN3O3/c1-11(2)10-15(18-22-21-12(3)25-18)20-17(24)9-8-16(23)13-4-6-14(19)7-5-13/h4-7,11,15H,8-10H2,1-3H3,(H,20,24). The van der Waals surface area contributed by atoms with E-state index in [9.17, 15) is 9.59 Å². The molecule has 0 spiro atoms. The molecule has 0 bridgehead atoms. The molecule has 25 heavy (non-hydrogen) atoms. The van der Waals surface area contributed by atoms with Crippen molar-refractivity contribution < 1.29 is 14.0 Å². The van der Waals surface area contributed by atoms with Gasteiger partial charge in [-0.15, -0.1) is 10.2 Å². The first-order valence-corrected chi connectivity index (χ1v) is 8.61. The average Bonchev–Trinajstić information content (AvgIpc) is 2.99. The number of ketones is 1. The molecule has 1 aromatic carbocycles. The summed E-state index contributed by atoms with van der Waals surface area (Å²) in [6.07, 6.45) is 0.909. The van der Waals surface area contributed by atoms with Crippen molar-refractivity contribution in [2.75, 3.05) is 0 Å². The highest BCUT2D eigenvalue weighted by Gasteiger charge is 2.22. The van der Waals surface area contributed by atoms with Gasteiger partial charge in [-0.2, -0.15) is 0 Å². The van der Waals surface area contributed by atoms with Crippen molar-refractivity contribution in [2.24, 2.45) is 5.92 Å². The van der Waals surface area contributed by atoms with Gasteiger partial charge in [-0.05, 0) is 36.6 Å². The number of carbonyl (C=O) groups is 2. The SMILES string of the molecule is Cc1nnc(C(CC(C)C)NC(=O)CCC(=O)c2ccc(Cl)cc2)o1. The zero-order chi connectivity index (χ0) is 18.4. The van der Waals surface area contributed by atoms with Crippen LogP contribution in [-0.4, -0.2) is 21.9 Å². The van der Waals surface area contributed by atoms with Gasteiger partial charge in [0.1, 0.15) is 6.04 Å². The van der Waals surface area contributed by atoms with Crippen LogP contribution in [0.3, 0.4) is 0 Å². The fourth-order valence-electron chi connectivity index (χ4n) is 2.42. The number of rotatable bonds is 8. The second-order valence-electron chi connectivity index (χ2n) is 6.34. The molecule has 1 unspecified atom stereocenters. The van der Waals surface area contributed by atoms with Crippen molar-refractivity contribution in [1.82, 2.24) is 15.5 Å². The molecule has 1 heterocycles. The number of benzene rings is 1. The third kappa shape index (κ3) is 5.98. The molecular weight excluding hydrogens is 342 g/mol. The van der Waals surface area contributed by atoms with Crippen LogP contribution in [0.2, 0.25) is 5.02 Å². The van der Waals surface area contributed by atoms with E-state index in [0.29, 0.717) is 34.7 Å². The number of amides is 1. The second-order valence-corrected chi connectivity index (χ2v) is 6.78. The number of aromatic nitrogens is 2. The highest BCUT2D eigenvalue weighted by molar-refractivity contribution is 6.30. The monoisotopic (exact) mass is 363 g/mol. The number of carbonyl (C=O) groups excluding carboxylic acids is 2. The number of hydrogen-bond acceptors (Lipinski definition) is 5. The van der Waals surface area contributed by atoms with Gasteiger partial charge in [0.25, 0.3) is 0 Å². The predicted molar refractivity (Wildman–Crippen MR) is 94.4 cm³/mol. The van der Waals surface area contributed by atoms with Gasteiger partial charge >= 0.3 is 0 Å². The maximum absolute atomic E-state index is 12.2. The minimum atomic E-state index is -0.348. The van der Waals surface area contributed by atoms with Crippen LogP contribution in [0, 0.1) is 12.8 Å². The fraction of sp³-hybridized carbons (Fsp3) is 0.444. The van der Waals surface area contributed by atoms with E-state index in [1.54, 1.807) is 31.2 Å². The Morgan fingerprint density at radius 2 is 1.84 bits per heavy atom. The molecule has 7 heteroatoms. The summed E-state index contributed by atoms with van der Waals surface area (Å²) in [5, 5.41) is 11.3. The van der Waals surface area contributed by atoms with Crippen LogP contribution < -0.4 is 5.32 Å². The minimum Gasteiger partial charge on any atom is -0.423 e. The van der Waals surface area contributed by atoms with Gasteiger partial charge in [0, 0.05) is 30.4 Å². The topological polar surface area (TPSA) is 85.1 Å². The number of nitrogens with zero attached hydrogens (tertiary/aromatic N) is 2. The number of Topliss-reactive ketones (excluding diaryl/α,β-unsaturated/α-hetero) is 1. The average molecular weight is 364 g/mol. The Morgan fingerprint density at radius 1 is 1.16 bits per heavy atom. The Kier molecular flexibility index (Phi) is 6.70. The normalized spacial score (nSPS) is 12.2. The molecule has 0 aliphatic carbocycles. The van der Waals surface area contributed by atoms with Crippen LogP contribution in [0.4, 0.5) is 0 Å². The first-order chi connectivity index (χ1) is 11.8. The summed E-state index contributed by atoms with van der Waals surface area (Å²) in [5.74, 6) is 0.873. The summed E-state index contributed by atoms with van der Waals surface area (Å²) in [4.78, 5) is 24.4.